The fourth-order valence-electron chi connectivity index (χ4n) is 0. The molecule has 16 radical (unpaired) electrons. The third-order valence-electron chi connectivity index (χ3n) is 0. The minimum atomic E-state index is 0. The monoisotopic (exact) mass is 588 g/mol. The van der Waals surface area contributed by atoms with E-state index in [4.69, 9.17) is 0 Å². The van der Waals surface area contributed by atoms with Crippen molar-refractivity contribution in [3.05, 3.63) is 0 Å². The number of hydrogen-bond acceptors (Lipinski definition) is 0. The van der Waals surface area contributed by atoms with E-state index >= 15 is 0 Å². The van der Waals surface area contributed by atoms with Crippen molar-refractivity contribution in [1.82, 2.24) is 0 Å². The third-order valence-corrected chi connectivity index (χ3v) is 0. The van der Waals surface area contributed by atoms with Crippen LogP contribution in [-0.2, 0) is 32.9 Å². The normalized spacial score (nSPS) is 0. The van der Waals surface area contributed by atoms with Crippen LogP contribution in [0, 0.1) is 0 Å². The fourth-order valence-corrected chi connectivity index (χ4v) is 0. The molecule has 0 rings (SSSR count). The molecule has 0 saturated carbocycles. The second-order valence-corrected chi connectivity index (χ2v) is 0. The van der Waals surface area contributed by atoms with Crippen LogP contribution in [0.1, 0.15) is 0 Å². The van der Waals surface area contributed by atoms with E-state index in [1.54, 1.807) is 0 Å². The second-order valence-electron chi connectivity index (χ2n) is 0. The molecule has 0 saturated heterocycles. The average molecular weight is 590 g/mol. The molecule has 0 atom stereocenters. The Morgan fingerprint density at radius 1 is 0.227 bits per heavy atom. The predicted molar refractivity (Wildman–Crippen MR) is 119 cm³/mol. The summed E-state index contributed by atoms with van der Waals surface area (Å²) in [5.74, 6) is 0. The summed E-state index contributed by atoms with van der Waals surface area (Å²) in [7, 11) is 0. The maximum atomic E-state index is 0. The molecule has 0 unspecified atom stereocenters. The van der Waals surface area contributed by atoms with Crippen LogP contribution in [0.4, 0.5) is 0 Å². The first kappa shape index (κ1) is 283. The molecule has 22 heavy (non-hydrogen) atoms. The van der Waals surface area contributed by atoms with E-state index in [0.29, 0.717) is 0 Å². The quantitative estimate of drug-likeness (QED) is 0.245. The third kappa shape index (κ3) is 233. The summed E-state index contributed by atoms with van der Waals surface area (Å²) in [6.07, 6.45) is 0. The Hall–Kier alpha value is 10.9. The zero-order valence-electron chi connectivity index (χ0n) is 6.76. The molecule has 0 aliphatic heterocycles. The number of rotatable bonds is 0. The topological polar surface area (TPSA) is 171 Å². The van der Waals surface area contributed by atoms with Crippen molar-refractivity contribution in [3.63, 3.8) is 0 Å². The Kier molecular flexibility index (Phi) is 3310. The van der Waals surface area contributed by atoms with Gasteiger partial charge in [-0.1, -0.05) is 0 Å². The molecule has 22 heteroatoms. The van der Waals surface area contributed by atoms with Crippen molar-refractivity contribution in [1.29, 1.82) is 0 Å². The van der Waals surface area contributed by atoms with E-state index in [0.717, 1.165) is 0 Å². The summed E-state index contributed by atoms with van der Waals surface area (Å²) >= 11 is 0. The largest absolute Gasteiger partial charge is 2.00 e. The van der Waals surface area contributed by atoms with E-state index in [9.17, 15) is 0 Å². The second kappa shape index (κ2) is 257. The van der Waals surface area contributed by atoms with Gasteiger partial charge in [0, 0.05) is 43.9 Å². The van der Waals surface area contributed by atoms with Crippen molar-refractivity contribution in [3.8, 4) is 0 Å². The zero-order chi connectivity index (χ0) is 0. The molecular weight excluding hydrogens is 574 g/mol. The molecule has 0 aromatic heterocycles. The molecular formula is H16Al4Ca4Mg4O6Si4. The van der Waals surface area contributed by atoms with Crippen LogP contribution in [0.15, 0.2) is 0 Å². The van der Waals surface area contributed by atoms with Gasteiger partial charge in [0.2, 0.25) is 0 Å². The predicted octanol–water partition coefficient (Wildman–Crippen LogP) is -11.1. The van der Waals surface area contributed by atoms with Crippen LogP contribution in [0.2, 0.25) is 0 Å². The van der Waals surface area contributed by atoms with Crippen LogP contribution < -0.4 is 0 Å². The Bertz CT molecular complexity index is 50.6. The molecule has 0 aliphatic rings. The van der Waals surface area contributed by atoms with Crippen LogP contribution in [0.25, 0.3) is 0 Å². The summed E-state index contributed by atoms with van der Waals surface area (Å²) in [4.78, 5) is 0. The molecule has 6 nitrogen and oxygen atoms in total. The van der Waals surface area contributed by atoms with Gasteiger partial charge in [-0.2, -0.15) is 0 Å². The molecule has 0 bridgehead atoms. The molecule has 0 spiro atoms. The van der Waals surface area contributed by atoms with E-state index < -0.39 is 0 Å². The molecule has 0 heterocycles. The SMILES string of the molecule is [Al+3].[Al+3].[Al+3].[Al+3].[CaH2].[CaH2].[CaH2].[CaH2].[MgH2].[MgH2].[MgH2].[MgH2].[O-2].[O-2].[O-2].[O-2].[O-2].[O-2].[Si].[Si].[Si].[Si]. The van der Waals surface area contributed by atoms with Crippen LogP contribution in [-0.4, -0.2) is 356 Å². The minimum Gasteiger partial charge on any atom is -2.00 e. The smallest absolute Gasteiger partial charge is 0.316 e. The van der Waals surface area contributed by atoms with Crippen molar-refractivity contribution < 1.29 is 32.9 Å². The number of hydrogen-bond donors (Lipinski definition) is 0. The van der Waals surface area contributed by atoms with Gasteiger partial charge in [0.05, 0.1) is 0 Å². The van der Waals surface area contributed by atoms with Gasteiger partial charge in [-0.15, -0.1) is 0 Å². The van der Waals surface area contributed by atoms with Crippen molar-refractivity contribution >= 4 is 356 Å². The first-order chi connectivity index (χ1) is 0. The first-order valence-electron chi connectivity index (χ1n) is 0. The molecule has 96 valence electrons. The van der Waals surface area contributed by atoms with E-state index in [1.807, 2.05) is 0 Å². The summed E-state index contributed by atoms with van der Waals surface area (Å²) in [6, 6.07) is 0. The van der Waals surface area contributed by atoms with Crippen molar-refractivity contribution in [2.75, 3.05) is 0 Å². The molecule has 0 aliphatic carbocycles. The van der Waals surface area contributed by atoms with Gasteiger partial charge in [0.1, 0.15) is 0 Å². The maximum absolute atomic E-state index is 0. The Labute approximate surface area is 378 Å². The van der Waals surface area contributed by atoms with Gasteiger partial charge >= 0.3 is 313 Å². The van der Waals surface area contributed by atoms with Crippen LogP contribution in [0.3, 0.4) is 0 Å². The van der Waals surface area contributed by atoms with Crippen molar-refractivity contribution in [2.45, 2.75) is 0 Å². The molecule has 0 N–H and O–H groups in total. The summed E-state index contributed by atoms with van der Waals surface area (Å²) in [5.41, 5.74) is 0. The molecule has 0 fully saturated rings. The Balaban J connectivity index is 0. The standard InChI is InChI=1S/4Al.4Ca.4Mg.6O.4Si.16H/q4*+3;;;;;;;;;6*-2;;;;;;;;;;;;;;;;;;;;. The van der Waals surface area contributed by atoms with Gasteiger partial charge in [0.25, 0.3) is 0 Å². The Morgan fingerprint density at radius 2 is 0.227 bits per heavy atom. The maximum Gasteiger partial charge on any atom is 0.316 e. The fraction of sp³-hybridized carbons (Fsp3) is 0. The summed E-state index contributed by atoms with van der Waals surface area (Å²) in [6.45, 7) is 0. The Morgan fingerprint density at radius 3 is 0.227 bits per heavy atom. The summed E-state index contributed by atoms with van der Waals surface area (Å²) in [5, 5.41) is 0. The van der Waals surface area contributed by atoms with Gasteiger partial charge < -0.3 is 32.9 Å². The zero-order valence-corrected chi connectivity index (χ0v) is 15.4. The average Bonchev–Trinajstić information content (AvgIpc) is 0. The van der Waals surface area contributed by atoms with Gasteiger partial charge in [-0.25, -0.2) is 0 Å². The van der Waals surface area contributed by atoms with Gasteiger partial charge in [-0.3, -0.25) is 0 Å². The van der Waals surface area contributed by atoms with E-state index in [2.05, 4.69) is 0 Å². The van der Waals surface area contributed by atoms with Crippen LogP contribution >= 0.6 is 0 Å². The van der Waals surface area contributed by atoms with Crippen molar-refractivity contribution in [2.24, 2.45) is 0 Å². The summed E-state index contributed by atoms with van der Waals surface area (Å²) < 4.78 is 0. The first-order valence-corrected chi connectivity index (χ1v) is 0. The van der Waals surface area contributed by atoms with E-state index in [-0.39, 0.29) is 389 Å². The van der Waals surface area contributed by atoms with E-state index in [1.165, 1.54) is 0 Å². The molecule has 0 amide bonds. The molecule has 0 aromatic carbocycles. The molecule has 0 aromatic rings. The van der Waals surface area contributed by atoms with Crippen LogP contribution in [0.5, 0.6) is 0 Å². The van der Waals surface area contributed by atoms with Gasteiger partial charge in [0.15, 0.2) is 0 Å². The van der Waals surface area contributed by atoms with Gasteiger partial charge in [-0.05, 0) is 0 Å². The minimum absolute atomic E-state index is 0.